The lowest BCUT2D eigenvalue weighted by atomic mass is 10.1. The van der Waals surface area contributed by atoms with Crippen LogP contribution in [0, 0.1) is 5.82 Å². The molecule has 1 aromatic heterocycles. The highest BCUT2D eigenvalue weighted by atomic mass is 19.1. The zero-order chi connectivity index (χ0) is 15.7. The van der Waals surface area contributed by atoms with Gasteiger partial charge in [0, 0.05) is 24.7 Å². The average molecular weight is 305 g/mol. The Bertz CT molecular complexity index is 780. The topological polar surface area (TPSA) is 57.5 Å². The largest absolute Gasteiger partial charge is 0.460 e. The molecule has 1 fully saturated rings. The molecule has 0 radical (unpaired) electrons. The van der Waals surface area contributed by atoms with E-state index in [9.17, 15) is 14.0 Å². The molecule has 0 spiro atoms. The highest BCUT2D eigenvalue weighted by Crippen LogP contribution is 2.37. The minimum atomic E-state index is -0.678. The summed E-state index contributed by atoms with van der Waals surface area (Å²) < 4.78 is 25.1. The van der Waals surface area contributed by atoms with E-state index in [4.69, 9.17) is 9.47 Å². The number of rotatable bonds is 5. The second-order valence-corrected chi connectivity index (χ2v) is 5.30. The number of methoxy groups -OCH3 is 1. The summed E-state index contributed by atoms with van der Waals surface area (Å²) >= 11 is 0. The van der Waals surface area contributed by atoms with Crippen molar-refractivity contribution in [2.24, 2.45) is 0 Å². The number of carbonyl (C=O) groups is 1. The number of carbonyl (C=O) groups excluding carboxylic acids is 1. The van der Waals surface area contributed by atoms with Gasteiger partial charge in [-0.3, -0.25) is 4.79 Å². The minimum Gasteiger partial charge on any atom is -0.460 e. The van der Waals surface area contributed by atoms with Crippen LogP contribution in [0.15, 0.2) is 29.2 Å². The lowest BCUT2D eigenvalue weighted by Crippen LogP contribution is -2.22. The first-order chi connectivity index (χ1) is 10.6. The summed E-state index contributed by atoms with van der Waals surface area (Å²) in [6, 6.07) is 4.17. The van der Waals surface area contributed by atoms with Gasteiger partial charge in [0.05, 0.1) is 12.1 Å². The summed E-state index contributed by atoms with van der Waals surface area (Å²) in [5.41, 5.74) is 0.0531. The van der Waals surface area contributed by atoms with Crippen LogP contribution in [0.1, 0.15) is 29.2 Å². The maximum Gasteiger partial charge on any atom is 0.343 e. The quantitative estimate of drug-likeness (QED) is 0.628. The van der Waals surface area contributed by atoms with E-state index < -0.39 is 17.2 Å². The van der Waals surface area contributed by atoms with Crippen LogP contribution < -0.4 is 5.43 Å². The SMILES string of the molecule is COCCOC(=O)c1cn(C2CC2)c2cc(F)ccc2c1=O. The number of hydrogen-bond acceptors (Lipinski definition) is 4. The third kappa shape index (κ3) is 2.74. The van der Waals surface area contributed by atoms with Crippen molar-refractivity contribution < 1.29 is 18.7 Å². The van der Waals surface area contributed by atoms with E-state index in [0.717, 1.165) is 12.8 Å². The Morgan fingerprint density at radius 3 is 2.82 bits per heavy atom. The lowest BCUT2D eigenvalue weighted by molar-refractivity contribution is 0.0386. The summed E-state index contributed by atoms with van der Waals surface area (Å²) in [5, 5.41) is 0.328. The second kappa shape index (κ2) is 5.88. The van der Waals surface area contributed by atoms with Crippen molar-refractivity contribution in [1.82, 2.24) is 4.57 Å². The lowest BCUT2D eigenvalue weighted by Gasteiger charge is -2.12. The zero-order valence-electron chi connectivity index (χ0n) is 12.2. The van der Waals surface area contributed by atoms with Gasteiger partial charge in [0.15, 0.2) is 0 Å². The molecule has 0 bridgehead atoms. The van der Waals surface area contributed by atoms with Crippen molar-refractivity contribution in [3.05, 3.63) is 46.0 Å². The van der Waals surface area contributed by atoms with Crippen LogP contribution in [0.5, 0.6) is 0 Å². The fourth-order valence-electron chi connectivity index (χ4n) is 2.42. The Morgan fingerprint density at radius 2 is 2.14 bits per heavy atom. The van der Waals surface area contributed by atoms with Crippen LogP contribution in [0.4, 0.5) is 4.39 Å². The normalized spacial score (nSPS) is 14.3. The highest BCUT2D eigenvalue weighted by Gasteiger charge is 2.27. The number of hydrogen-bond donors (Lipinski definition) is 0. The molecule has 0 aliphatic heterocycles. The first kappa shape index (κ1) is 14.7. The first-order valence-electron chi connectivity index (χ1n) is 7.12. The number of pyridine rings is 1. The summed E-state index contributed by atoms with van der Waals surface area (Å²) in [7, 11) is 1.50. The van der Waals surface area contributed by atoms with Crippen LogP contribution in [-0.2, 0) is 9.47 Å². The van der Waals surface area contributed by atoms with Crippen LogP contribution in [0.25, 0.3) is 10.9 Å². The molecule has 1 heterocycles. The Hall–Kier alpha value is -2.21. The molecule has 116 valence electrons. The molecule has 0 atom stereocenters. The fourth-order valence-corrected chi connectivity index (χ4v) is 2.42. The molecule has 1 saturated carbocycles. The van der Waals surface area contributed by atoms with Gasteiger partial charge in [-0.05, 0) is 31.0 Å². The maximum absolute atomic E-state index is 13.5. The number of nitrogens with zero attached hydrogens (tertiary/aromatic N) is 1. The number of esters is 1. The van der Waals surface area contributed by atoms with Gasteiger partial charge in [0.25, 0.3) is 0 Å². The number of benzene rings is 1. The Balaban J connectivity index is 2.07. The number of fused-ring (bicyclic) bond motifs is 1. The van der Waals surface area contributed by atoms with E-state index in [1.807, 2.05) is 0 Å². The van der Waals surface area contributed by atoms with Gasteiger partial charge in [-0.1, -0.05) is 0 Å². The smallest absolute Gasteiger partial charge is 0.343 e. The molecule has 3 rings (SSSR count). The van der Waals surface area contributed by atoms with Gasteiger partial charge >= 0.3 is 5.97 Å². The van der Waals surface area contributed by atoms with E-state index in [2.05, 4.69) is 0 Å². The zero-order valence-corrected chi connectivity index (χ0v) is 12.2. The predicted octanol–water partition coefficient (Wildman–Crippen LogP) is 2.28. The van der Waals surface area contributed by atoms with E-state index in [0.29, 0.717) is 10.9 Å². The van der Waals surface area contributed by atoms with Crippen molar-refractivity contribution in [2.75, 3.05) is 20.3 Å². The summed E-state index contributed by atoms with van der Waals surface area (Å²) in [6.45, 7) is 0.348. The average Bonchev–Trinajstić information content (AvgIpc) is 3.32. The molecule has 0 N–H and O–H groups in total. The summed E-state index contributed by atoms with van der Waals surface area (Å²) in [5.74, 6) is -1.08. The molecular weight excluding hydrogens is 289 g/mol. The van der Waals surface area contributed by atoms with Gasteiger partial charge in [0.1, 0.15) is 18.0 Å². The molecule has 1 aromatic carbocycles. The molecule has 2 aromatic rings. The van der Waals surface area contributed by atoms with E-state index in [1.165, 1.54) is 31.5 Å². The molecule has 0 unspecified atom stereocenters. The van der Waals surface area contributed by atoms with Gasteiger partial charge < -0.3 is 14.0 Å². The number of aromatic nitrogens is 1. The van der Waals surface area contributed by atoms with Crippen LogP contribution >= 0.6 is 0 Å². The third-order valence-corrected chi connectivity index (χ3v) is 3.68. The number of ether oxygens (including phenoxy) is 2. The van der Waals surface area contributed by atoms with Gasteiger partial charge in [0.2, 0.25) is 5.43 Å². The maximum atomic E-state index is 13.5. The fraction of sp³-hybridized carbons (Fsp3) is 0.375. The molecule has 6 heteroatoms. The summed E-state index contributed by atoms with van der Waals surface area (Å²) in [4.78, 5) is 24.5. The van der Waals surface area contributed by atoms with E-state index in [1.54, 1.807) is 4.57 Å². The van der Waals surface area contributed by atoms with Crippen molar-refractivity contribution in [3.8, 4) is 0 Å². The third-order valence-electron chi connectivity index (χ3n) is 3.68. The second-order valence-electron chi connectivity index (χ2n) is 5.30. The molecule has 5 nitrogen and oxygen atoms in total. The van der Waals surface area contributed by atoms with E-state index >= 15 is 0 Å². The standard InChI is InChI=1S/C16H16FNO4/c1-21-6-7-22-16(20)13-9-18(11-3-4-11)14-8-10(17)2-5-12(14)15(13)19/h2,5,8-9,11H,3-4,6-7H2,1H3. The van der Waals surface area contributed by atoms with Gasteiger partial charge in [-0.15, -0.1) is 0 Å². The predicted molar refractivity (Wildman–Crippen MR) is 78.6 cm³/mol. The molecule has 1 aliphatic rings. The van der Waals surface area contributed by atoms with Crippen LogP contribution in [0.3, 0.4) is 0 Å². The van der Waals surface area contributed by atoms with Crippen molar-refractivity contribution in [3.63, 3.8) is 0 Å². The minimum absolute atomic E-state index is 0.0258. The Kier molecular flexibility index (Phi) is 3.94. The van der Waals surface area contributed by atoms with Gasteiger partial charge in [-0.25, -0.2) is 9.18 Å². The van der Waals surface area contributed by atoms with E-state index in [-0.39, 0.29) is 24.8 Å². The van der Waals surface area contributed by atoms with Crippen molar-refractivity contribution in [1.29, 1.82) is 0 Å². The Morgan fingerprint density at radius 1 is 1.36 bits per heavy atom. The van der Waals surface area contributed by atoms with Crippen molar-refractivity contribution in [2.45, 2.75) is 18.9 Å². The summed E-state index contributed by atoms with van der Waals surface area (Å²) in [6.07, 6.45) is 3.39. The van der Waals surface area contributed by atoms with Crippen molar-refractivity contribution >= 4 is 16.9 Å². The first-order valence-corrected chi connectivity index (χ1v) is 7.12. The Labute approximate surface area is 126 Å². The monoisotopic (exact) mass is 305 g/mol. The molecule has 1 aliphatic carbocycles. The highest BCUT2D eigenvalue weighted by molar-refractivity contribution is 5.93. The molecular formula is C16H16FNO4. The molecule has 0 saturated heterocycles. The van der Waals surface area contributed by atoms with Crippen LogP contribution in [0.2, 0.25) is 0 Å². The van der Waals surface area contributed by atoms with Crippen LogP contribution in [-0.4, -0.2) is 30.9 Å². The van der Waals surface area contributed by atoms with Gasteiger partial charge in [-0.2, -0.15) is 0 Å². The number of halogens is 1. The molecule has 0 amide bonds. The molecule has 22 heavy (non-hydrogen) atoms.